The third kappa shape index (κ3) is 10.9. The summed E-state index contributed by atoms with van der Waals surface area (Å²) in [7, 11) is 0. The molecule has 5 heteroatoms. The van der Waals surface area contributed by atoms with Gasteiger partial charge in [-0.1, -0.05) is 25.3 Å². The SMILES string of the molecule is C=CCOC(=O)/C=C\C(=O)OCC=C.[SnH4]. The van der Waals surface area contributed by atoms with Crippen LogP contribution in [0.25, 0.3) is 0 Å². The minimum atomic E-state index is -0.611. The zero-order chi connectivity index (χ0) is 10.8. The van der Waals surface area contributed by atoms with Gasteiger partial charge in [0.15, 0.2) is 0 Å². The molecule has 84 valence electrons. The third-order valence-electron chi connectivity index (χ3n) is 1.04. The van der Waals surface area contributed by atoms with E-state index in [0.717, 1.165) is 12.2 Å². The third-order valence-corrected chi connectivity index (χ3v) is 1.04. The summed E-state index contributed by atoms with van der Waals surface area (Å²) < 4.78 is 9.15. The van der Waals surface area contributed by atoms with E-state index < -0.39 is 11.9 Å². The number of esters is 2. The molecule has 0 fully saturated rings. The first-order valence-corrected chi connectivity index (χ1v) is 3.94. The van der Waals surface area contributed by atoms with Crippen LogP contribution in [-0.2, 0) is 19.1 Å². The molecule has 0 aliphatic rings. The summed E-state index contributed by atoms with van der Waals surface area (Å²) in [4.78, 5) is 21.6. The molecule has 4 nitrogen and oxygen atoms in total. The monoisotopic (exact) mass is 320 g/mol. The van der Waals surface area contributed by atoms with Crippen molar-refractivity contribution in [2.75, 3.05) is 13.2 Å². The molecule has 0 unspecified atom stereocenters. The number of ether oxygens (including phenoxy) is 2. The predicted octanol–water partition coefficient (Wildman–Crippen LogP) is -0.451. The molecule has 0 aliphatic heterocycles. The molecule has 0 aromatic rings. The van der Waals surface area contributed by atoms with E-state index in [4.69, 9.17) is 0 Å². The Balaban J connectivity index is 0. The summed E-state index contributed by atoms with van der Waals surface area (Å²) in [5, 5.41) is 0. The Kier molecular flexibility index (Phi) is 12.1. The van der Waals surface area contributed by atoms with E-state index in [2.05, 4.69) is 22.6 Å². The van der Waals surface area contributed by atoms with Crippen molar-refractivity contribution in [2.45, 2.75) is 0 Å². The van der Waals surface area contributed by atoms with Crippen LogP contribution in [0, 0.1) is 0 Å². The van der Waals surface area contributed by atoms with Crippen molar-refractivity contribution in [2.24, 2.45) is 0 Å². The van der Waals surface area contributed by atoms with Gasteiger partial charge in [0.25, 0.3) is 0 Å². The van der Waals surface area contributed by atoms with Crippen LogP contribution in [0.2, 0.25) is 0 Å². The predicted molar refractivity (Wildman–Crippen MR) is 62.8 cm³/mol. The van der Waals surface area contributed by atoms with Gasteiger partial charge in [-0.25, -0.2) is 9.59 Å². The fourth-order valence-corrected chi connectivity index (χ4v) is 0.514. The summed E-state index contributed by atoms with van der Waals surface area (Å²) in [5.41, 5.74) is 0. The molecular weight excluding hydrogens is 303 g/mol. The number of hydrogen-bond donors (Lipinski definition) is 0. The van der Waals surface area contributed by atoms with Crippen molar-refractivity contribution in [3.8, 4) is 0 Å². The first-order valence-electron chi connectivity index (χ1n) is 3.94. The Morgan fingerprint density at radius 1 is 0.933 bits per heavy atom. The van der Waals surface area contributed by atoms with Crippen LogP contribution in [0.15, 0.2) is 37.5 Å². The summed E-state index contributed by atoms with van der Waals surface area (Å²) in [6.07, 6.45) is 4.85. The summed E-state index contributed by atoms with van der Waals surface area (Å²) >= 11 is 0. The molecule has 0 spiro atoms. The molecule has 0 aromatic carbocycles. The second-order valence-corrected chi connectivity index (χ2v) is 2.17. The zero-order valence-electron chi connectivity index (χ0n) is 7.77. The van der Waals surface area contributed by atoms with Gasteiger partial charge in [0.2, 0.25) is 0 Å². The molecule has 0 saturated carbocycles. The molecule has 0 saturated heterocycles. The number of carbonyl (C=O) groups excluding carboxylic acids is 2. The number of rotatable bonds is 6. The summed E-state index contributed by atoms with van der Waals surface area (Å²) in [6, 6.07) is 0. The second kappa shape index (κ2) is 11.0. The normalized spacial score (nSPS) is 8.80. The van der Waals surface area contributed by atoms with Gasteiger partial charge in [-0.2, -0.15) is 0 Å². The average Bonchev–Trinajstić information content (AvgIpc) is 2.20. The van der Waals surface area contributed by atoms with Gasteiger partial charge in [-0.3, -0.25) is 0 Å². The first kappa shape index (κ1) is 16.4. The van der Waals surface area contributed by atoms with Crippen molar-refractivity contribution in [1.29, 1.82) is 0 Å². The van der Waals surface area contributed by atoms with Crippen molar-refractivity contribution in [3.63, 3.8) is 0 Å². The van der Waals surface area contributed by atoms with Crippen molar-refractivity contribution >= 4 is 35.8 Å². The van der Waals surface area contributed by atoms with E-state index in [1.54, 1.807) is 0 Å². The van der Waals surface area contributed by atoms with Crippen LogP contribution in [0.3, 0.4) is 0 Å². The van der Waals surface area contributed by atoms with Gasteiger partial charge in [0.05, 0.1) is 0 Å². The van der Waals surface area contributed by atoms with Gasteiger partial charge >= 0.3 is 35.8 Å². The molecule has 0 heterocycles. The maximum absolute atomic E-state index is 10.8. The Morgan fingerprint density at radius 3 is 1.53 bits per heavy atom. The van der Waals surface area contributed by atoms with Gasteiger partial charge in [0, 0.05) is 12.2 Å². The van der Waals surface area contributed by atoms with E-state index >= 15 is 0 Å². The molecule has 0 amide bonds. The molecule has 0 N–H and O–H groups in total. The van der Waals surface area contributed by atoms with E-state index in [-0.39, 0.29) is 37.1 Å². The van der Waals surface area contributed by atoms with E-state index in [9.17, 15) is 9.59 Å². The topological polar surface area (TPSA) is 52.6 Å². The fourth-order valence-electron chi connectivity index (χ4n) is 0.514. The van der Waals surface area contributed by atoms with Gasteiger partial charge in [0.1, 0.15) is 13.2 Å². The summed E-state index contributed by atoms with van der Waals surface area (Å²) in [5.74, 6) is -1.22. The second-order valence-electron chi connectivity index (χ2n) is 2.17. The minimum absolute atomic E-state index is 0. The summed E-state index contributed by atoms with van der Waals surface area (Å²) in [6.45, 7) is 6.96. The fraction of sp³-hybridized carbons (Fsp3) is 0.200. The van der Waals surface area contributed by atoms with Crippen LogP contribution in [0.4, 0.5) is 0 Å². The Labute approximate surface area is 106 Å². The molecule has 0 atom stereocenters. The quantitative estimate of drug-likeness (QED) is 0.288. The first-order chi connectivity index (χ1) is 6.70. The Hall–Kier alpha value is -1.04. The van der Waals surface area contributed by atoms with Crippen molar-refractivity contribution < 1.29 is 19.1 Å². The van der Waals surface area contributed by atoms with Crippen LogP contribution < -0.4 is 0 Å². The van der Waals surface area contributed by atoms with Crippen LogP contribution in [-0.4, -0.2) is 49.1 Å². The van der Waals surface area contributed by atoms with Gasteiger partial charge in [-0.05, 0) is 0 Å². The van der Waals surface area contributed by atoms with E-state index in [1.165, 1.54) is 12.2 Å². The van der Waals surface area contributed by atoms with Crippen LogP contribution in [0.1, 0.15) is 0 Å². The zero-order valence-corrected chi connectivity index (χ0v) is 7.77. The van der Waals surface area contributed by atoms with Crippen molar-refractivity contribution in [3.05, 3.63) is 37.5 Å². The molecule has 0 aliphatic carbocycles. The van der Waals surface area contributed by atoms with E-state index in [1.807, 2.05) is 0 Å². The standard InChI is InChI=1S/C10H12O4.Sn.4H/c1-3-7-13-9(11)5-6-10(12)14-8-4-2;;;;;/h3-6H,1-2,7-8H2;;;;;/b6-5-;;;;;. The molecular formula is C10H16O4Sn. The molecule has 0 aromatic heterocycles. The van der Waals surface area contributed by atoms with Crippen LogP contribution in [0.5, 0.6) is 0 Å². The van der Waals surface area contributed by atoms with Gasteiger partial charge in [-0.15, -0.1) is 0 Å². The number of carbonyl (C=O) groups is 2. The molecule has 15 heavy (non-hydrogen) atoms. The van der Waals surface area contributed by atoms with Crippen molar-refractivity contribution in [1.82, 2.24) is 0 Å². The molecule has 0 bridgehead atoms. The molecule has 0 radical (unpaired) electrons. The Morgan fingerprint density at radius 2 is 1.27 bits per heavy atom. The Bertz CT molecular complexity index is 232. The number of hydrogen-bond acceptors (Lipinski definition) is 4. The van der Waals surface area contributed by atoms with Crippen LogP contribution >= 0.6 is 0 Å². The van der Waals surface area contributed by atoms with Gasteiger partial charge < -0.3 is 9.47 Å². The maximum atomic E-state index is 10.8. The molecule has 0 rings (SSSR count). The average molecular weight is 319 g/mol. The van der Waals surface area contributed by atoms with E-state index in [0.29, 0.717) is 0 Å².